The molecule has 2 aromatic heterocycles. The fourth-order valence-corrected chi connectivity index (χ4v) is 6.65. The molecule has 0 saturated heterocycles. The molecule has 1 fully saturated rings. The van der Waals surface area contributed by atoms with Gasteiger partial charge in [0.25, 0.3) is 10.0 Å². The average Bonchev–Trinajstić information content (AvgIpc) is 3.06. The van der Waals surface area contributed by atoms with Gasteiger partial charge in [-0.05, 0) is 46.2 Å². The van der Waals surface area contributed by atoms with Crippen LogP contribution in [0.3, 0.4) is 0 Å². The van der Waals surface area contributed by atoms with Crippen LogP contribution in [0.25, 0.3) is 5.00 Å². The Kier molecular flexibility index (Phi) is 4.84. The van der Waals surface area contributed by atoms with Gasteiger partial charge in [0, 0.05) is 12.1 Å². The zero-order chi connectivity index (χ0) is 20.1. The zero-order valence-electron chi connectivity index (χ0n) is 14.6. The molecule has 146 valence electrons. The summed E-state index contributed by atoms with van der Waals surface area (Å²) < 4.78 is 31.0. The van der Waals surface area contributed by atoms with Crippen molar-refractivity contribution < 1.29 is 18.3 Å². The van der Waals surface area contributed by atoms with Gasteiger partial charge < -0.3 is 5.11 Å². The highest BCUT2D eigenvalue weighted by Gasteiger charge is 2.70. The van der Waals surface area contributed by atoms with Crippen molar-refractivity contribution in [2.45, 2.75) is 22.6 Å². The van der Waals surface area contributed by atoms with Crippen LogP contribution in [0.15, 0.2) is 59.1 Å². The first-order valence-corrected chi connectivity index (χ1v) is 11.8. The monoisotopic (exact) mass is 529 g/mol. The van der Waals surface area contributed by atoms with Crippen LogP contribution in [0.1, 0.15) is 18.4 Å². The Bertz CT molecular complexity index is 1140. The van der Waals surface area contributed by atoms with Gasteiger partial charge in [0.1, 0.15) is 14.7 Å². The predicted octanol–water partition coefficient (Wildman–Crippen LogP) is 3.07. The van der Waals surface area contributed by atoms with E-state index in [1.54, 1.807) is 30.1 Å². The third kappa shape index (κ3) is 3.17. The molecule has 0 spiro atoms. The van der Waals surface area contributed by atoms with Gasteiger partial charge in [0.05, 0.1) is 9.77 Å². The summed E-state index contributed by atoms with van der Waals surface area (Å²) in [7, 11) is -4.01. The quantitative estimate of drug-likeness (QED) is 0.478. The minimum absolute atomic E-state index is 0.0551. The third-order valence-corrected chi connectivity index (χ3v) is 8.63. The normalized spacial score (nSPS) is 24.2. The van der Waals surface area contributed by atoms with E-state index in [4.69, 9.17) is 0 Å². The lowest BCUT2D eigenvalue weighted by Gasteiger charge is -2.15. The molecule has 4 rings (SSSR count). The average molecular weight is 529 g/mol. The van der Waals surface area contributed by atoms with Gasteiger partial charge >= 0.3 is 5.97 Å². The number of nitrogens with one attached hydrogen (secondary N) is 1. The maximum Gasteiger partial charge on any atom is 0.325 e. The summed E-state index contributed by atoms with van der Waals surface area (Å²) in [6, 6.07) is 12.2. The van der Waals surface area contributed by atoms with E-state index in [0.717, 1.165) is 20.5 Å². The number of aliphatic carboxylic acids is 1. The molecule has 0 aliphatic heterocycles. The molecular weight excluding hydrogens is 513 g/mol. The Labute approximate surface area is 179 Å². The number of benzene rings is 1. The smallest absolute Gasteiger partial charge is 0.325 e. The Morgan fingerprint density at radius 1 is 1.29 bits per heavy atom. The molecule has 28 heavy (non-hydrogen) atoms. The van der Waals surface area contributed by atoms with Crippen molar-refractivity contribution in [3.8, 4) is 5.00 Å². The highest BCUT2D eigenvalue weighted by molar-refractivity contribution is 14.1. The van der Waals surface area contributed by atoms with E-state index < -0.39 is 27.4 Å². The molecule has 2 heterocycles. The summed E-state index contributed by atoms with van der Waals surface area (Å²) in [4.78, 5) is 12.1. The van der Waals surface area contributed by atoms with Crippen LogP contribution in [0.5, 0.6) is 0 Å². The van der Waals surface area contributed by atoms with Crippen LogP contribution >= 0.6 is 33.9 Å². The minimum atomic E-state index is -4.01. The molecule has 1 saturated carbocycles. The first kappa shape index (κ1) is 19.6. The van der Waals surface area contributed by atoms with E-state index in [-0.39, 0.29) is 10.1 Å². The maximum absolute atomic E-state index is 13.0. The number of carboxylic acid groups (broad SMARTS) is 1. The molecule has 7 nitrogen and oxygen atoms in total. The first-order valence-electron chi connectivity index (χ1n) is 8.38. The molecule has 10 heteroatoms. The Morgan fingerprint density at radius 3 is 2.61 bits per heavy atom. The Hall–Kier alpha value is -1.76. The van der Waals surface area contributed by atoms with Gasteiger partial charge in [-0.1, -0.05) is 37.3 Å². The van der Waals surface area contributed by atoms with Gasteiger partial charge in [-0.3, -0.25) is 4.79 Å². The lowest BCUT2D eigenvalue weighted by molar-refractivity contribution is -0.140. The van der Waals surface area contributed by atoms with Crippen LogP contribution in [0.2, 0.25) is 0 Å². The van der Waals surface area contributed by atoms with E-state index in [0.29, 0.717) is 5.00 Å². The predicted molar refractivity (Wildman–Crippen MR) is 113 cm³/mol. The summed E-state index contributed by atoms with van der Waals surface area (Å²) in [6.45, 7) is 1.75. The van der Waals surface area contributed by atoms with E-state index in [1.165, 1.54) is 6.07 Å². The summed E-state index contributed by atoms with van der Waals surface area (Å²) in [6.07, 6.45) is 3.45. The second-order valence-electron chi connectivity index (χ2n) is 6.65. The first-order chi connectivity index (χ1) is 13.3. The molecule has 1 aliphatic carbocycles. The molecule has 0 radical (unpaired) electrons. The number of sulfonamides is 1. The summed E-state index contributed by atoms with van der Waals surface area (Å²) in [5.41, 5.74) is -0.746. The van der Waals surface area contributed by atoms with Crippen LogP contribution in [0, 0.1) is 9.49 Å². The number of hydrogen-bond donors (Lipinski definition) is 2. The molecule has 1 aromatic carbocycles. The number of carbonyl (C=O) groups is 1. The molecular formula is C18H16IN3O4S2. The molecule has 3 aromatic rings. The molecule has 0 amide bonds. The second kappa shape index (κ2) is 6.94. The maximum atomic E-state index is 13.0. The number of halogens is 1. The fourth-order valence-electron chi connectivity index (χ4n) is 3.57. The van der Waals surface area contributed by atoms with Crippen molar-refractivity contribution >= 4 is 49.9 Å². The largest absolute Gasteiger partial charge is 0.480 e. The molecule has 1 aliphatic rings. The number of nitrogens with zero attached hydrogens (tertiary/aromatic N) is 2. The van der Waals surface area contributed by atoms with E-state index in [2.05, 4.69) is 32.4 Å². The summed E-state index contributed by atoms with van der Waals surface area (Å²) in [5, 5.41) is 14.7. The van der Waals surface area contributed by atoms with E-state index >= 15 is 0 Å². The second-order valence-corrected chi connectivity index (χ2v) is 10.9. The number of aromatic nitrogens is 2. The van der Waals surface area contributed by atoms with Gasteiger partial charge in [-0.2, -0.15) is 9.82 Å². The lowest BCUT2D eigenvalue weighted by Crippen LogP contribution is -2.45. The number of hydrogen-bond acceptors (Lipinski definition) is 5. The standard InChI is InChI=1S/C18H16IN3O4S2/c1-11-16(12-5-3-2-4-6-12)18(11,17(23)24)21-28(25,26)15-8-7-14(27-15)22-10-13(19)9-20-22/h2-11,16,21H,1H3,(H,23,24)/t11?,16-,18-/m0/s1. The molecule has 1 unspecified atom stereocenters. The van der Waals surface area contributed by atoms with Gasteiger partial charge in [-0.15, -0.1) is 11.3 Å². The summed E-state index contributed by atoms with van der Waals surface area (Å²) >= 11 is 3.16. The van der Waals surface area contributed by atoms with Gasteiger partial charge in [0.15, 0.2) is 0 Å². The fraction of sp³-hybridized carbons (Fsp3) is 0.222. The van der Waals surface area contributed by atoms with Crippen LogP contribution in [0.4, 0.5) is 0 Å². The lowest BCUT2D eigenvalue weighted by atomic mass is 10.1. The number of thiophene rings is 1. The summed E-state index contributed by atoms with van der Waals surface area (Å²) in [5.74, 6) is -1.96. The van der Waals surface area contributed by atoms with Crippen LogP contribution in [-0.2, 0) is 14.8 Å². The number of carboxylic acids is 1. The van der Waals surface area contributed by atoms with Crippen LogP contribution < -0.4 is 4.72 Å². The van der Waals surface area contributed by atoms with Gasteiger partial charge in [-0.25, -0.2) is 13.1 Å². The highest BCUT2D eigenvalue weighted by Crippen LogP contribution is 2.58. The molecule has 0 bridgehead atoms. The van der Waals surface area contributed by atoms with Crippen molar-refractivity contribution in [2.75, 3.05) is 0 Å². The molecule has 3 atom stereocenters. The SMILES string of the molecule is CC1[C@@H](c2ccccc2)[C@]1(NS(=O)(=O)c1ccc(-n2cc(I)cn2)s1)C(=O)O. The minimum Gasteiger partial charge on any atom is -0.480 e. The van der Waals surface area contributed by atoms with E-state index in [1.807, 2.05) is 30.3 Å². The zero-order valence-corrected chi connectivity index (χ0v) is 18.4. The Balaban J connectivity index is 1.65. The third-order valence-electron chi connectivity index (χ3n) is 5.02. The van der Waals surface area contributed by atoms with Gasteiger partial charge in [0.2, 0.25) is 0 Å². The van der Waals surface area contributed by atoms with Crippen molar-refractivity contribution in [3.05, 3.63) is 64.0 Å². The van der Waals surface area contributed by atoms with Crippen molar-refractivity contribution in [2.24, 2.45) is 5.92 Å². The highest BCUT2D eigenvalue weighted by atomic mass is 127. The Morgan fingerprint density at radius 2 is 2.00 bits per heavy atom. The number of rotatable bonds is 6. The topological polar surface area (TPSA) is 101 Å². The van der Waals surface area contributed by atoms with Crippen molar-refractivity contribution in [3.63, 3.8) is 0 Å². The van der Waals surface area contributed by atoms with Crippen molar-refractivity contribution in [1.82, 2.24) is 14.5 Å². The molecule has 2 N–H and O–H groups in total. The van der Waals surface area contributed by atoms with Crippen molar-refractivity contribution in [1.29, 1.82) is 0 Å². The van der Waals surface area contributed by atoms with E-state index in [9.17, 15) is 18.3 Å². The van der Waals surface area contributed by atoms with Crippen LogP contribution in [-0.4, -0.2) is 34.8 Å².